The fraction of sp³-hybridized carbons (Fsp3) is 0.208. The number of likely N-dealkylation sites (N-methyl/N-ethyl adjacent to an activating group) is 1. The molecule has 1 fully saturated rings. The lowest BCUT2D eigenvalue weighted by Crippen LogP contribution is -2.54. The molecule has 164 valence electrons. The van der Waals surface area contributed by atoms with Crippen molar-refractivity contribution in [2.75, 3.05) is 16.8 Å². The van der Waals surface area contributed by atoms with E-state index in [1.807, 2.05) is 26.1 Å². The monoisotopic (exact) mass is 485 g/mol. The molecule has 0 bridgehead atoms. The molecular formula is C24H21Cl2N3O2S. The zero-order valence-corrected chi connectivity index (χ0v) is 20.3. The Morgan fingerprint density at radius 2 is 1.75 bits per heavy atom. The largest absolute Gasteiger partial charge is 0.365 e. The van der Waals surface area contributed by atoms with Crippen LogP contribution in [0.3, 0.4) is 0 Å². The molecule has 32 heavy (non-hydrogen) atoms. The van der Waals surface area contributed by atoms with Crippen LogP contribution in [0, 0.1) is 0 Å². The third-order valence-electron chi connectivity index (χ3n) is 5.82. The van der Waals surface area contributed by atoms with Gasteiger partial charge in [-0.2, -0.15) is 0 Å². The van der Waals surface area contributed by atoms with E-state index in [2.05, 4.69) is 30.1 Å². The number of carbonyl (C=O) groups excluding carboxylic acids is 2. The lowest BCUT2D eigenvalue weighted by Gasteiger charge is -2.40. The van der Waals surface area contributed by atoms with E-state index in [0.29, 0.717) is 21.3 Å². The lowest BCUT2D eigenvalue weighted by molar-refractivity contribution is -0.122. The molecule has 1 N–H and O–H groups in total. The van der Waals surface area contributed by atoms with Crippen molar-refractivity contribution in [1.29, 1.82) is 0 Å². The zero-order valence-electron chi connectivity index (χ0n) is 18.0. The Kier molecular flexibility index (Phi) is 5.65. The molecule has 5 nitrogen and oxygen atoms in total. The average Bonchev–Trinajstić information content (AvgIpc) is 2.71. The minimum Gasteiger partial charge on any atom is -0.365 e. The molecule has 0 aromatic heterocycles. The molecule has 2 aliphatic heterocycles. The Labute approximate surface area is 202 Å². The van der Waals surface area contributed by atoms with Crippen molar-refractivity contribution in [3.05, 3.63) is 69.2 Å². The smallest absolute Gasteiger partial charge is 0.270 e. The Balaban J connectivity index is 1.78. The Morgan fingerprint density at radius 1 is 1.09 bits per heavy atom. The van der Waals surface area contributed by atoms with Gasteiger partial charge in [-0.3, -0.25) is 19.8 Å². The van der Waals surface area contributed by atoms with Gasteiger partial charge >= 0.3 is 0 Å². The van der Waals surface area contributed by atoms with Crippen molar-refractivity contribution >= 4 is 75.4 Å². The highest BCUT2D eigenvalue weighted by atomic mass is 35.5. The Hall–Kier alpha value is -2.67. The first kappa shape index (κ1) is 22.5. The quantitative estimate of drug-likeness (QED) is 0.348. The maximum absolute atomic E-state index is 13.3. The third-order valence-corrected chi connectivity index (χ3v) is 6.69. The van der Waals surface area contributed by atoms with Crippen molar-refractivity contribution in [1.82, 2.24) is 5.32 Å². The van der Waals surface area contributed by atoms with E-state index in [-0.39, 0.29) is 16.2 Å². The van der Waals surface area contributed by atoms with Gasteiger partial charge in [0.1, 0.15) is 5.57 Å². The van der Waals surface area contributed by atoms with Gasteiger partial charge in [0.05, 0.1) is 11.2 Å². The standard InChI is InChI=1S/C24H21Cl2N3O2S/c1-13-12-24(2,3)28(4)20-11-19(26)14(9-17(13)20)10-18-21(30)27-23(32)29(22(18)31)16-7-5-15(25)6-8-16/h5-12H,1-4H3,(H,27,30,32)/b18-10-. The number of nitrogens with zero attached hydrogens (tertiary/aromatic N) is 2. The molecule has 0 radical (unpaired) electrons. The first-order valence-electron chi connectivity index (χ1n) is 9.94. The number of hydrogen-bond donors (Lipinski definition) is 1. The maximum Gasteiger partial charge on any atom is 0.270 e. The van der Waals surface area contributed by atoms with Crippen LogP contribution in [0.15, 0.2) is 48.0 Å². The fourth-order valence-electron chi connectivity index (χ4n) is 3.94. The van der Waals surface area contributed by atoms with Crippen LogP contribution >= 0.6 is 35.4 Å². The number of allylic oxidation sites excluding steroid dienone is 1. The number of halogens is 2. The number of nitrogens with one attached hydrogen (secondary N) is 1. The van der Waals surface area contributed by atoms with Gasteiger partial charge in [-0.05, 0) is 86.6 Å². The highest BCUT2D eigenvalue weighted by Gasteiger charge is 2.35. The Bertz CT molecular complexity index is 1230. The molecule has 0 spiro atoms. The van der Waals surface area contributed by atoms with Crippen LogP contribution in [0.1, 0.15) is 31.9 Å². The lowest BCUT2D eigenvalue weighted by atomic mass is 9.88. The summed E-state index contributed by atoms with van der Waals surface area (Å²) in [7, 11) is 2.01. The third kappa shape index (κ3) is 3.83. The molecule has 1 saturated heterocycles. The van der Waals surface area contributed by atoms with E-state index >= 15 is 0 Å². The molecule has 2 aromatic rings. The summed E-state index contributed by atoms with van der Waals surface area (Å²) in [5.74, 6) is -1.09. The topological polar surface area (TPSA) is 52.7 Å². The second-order valence-electron chi connectivity index (χ2n) is 8.37. The first-order chi connectivity index (χ1) is 15.0. The summed E-state index contributed by atoms with van der Waals surface area (Å²) in [6, 6.07) is 10.4. The van der Waals surface area contributed by atoms with Crippen LogP contribution in [0.5, 0.6) is 0 Å². The summed E-state index contributed by atoms with van der Waals surface area (Å²) in [6.07, 6.45) is 3.69. The molecule has 0 atom stereocenters. The van der Waals surface area contributed by atoms with Crippen molar-refractivity contribution < 1.29 is 9.59 Å². The van der Waals surface area contributed by atoms with Gasteiger partial charge in [-0.1, -0.05) is 29.3 Å². The molecule has 0 aliphatic carbocycles. The van der Waals surface area contributed by atoms with E-state index in [4.69, 9.17) is 35.4 Å². The average molecular weight is 486 g/mol. The number of thiocarbonyl (C=S) groups is 1. The molecule has 2 heterocycles. The maximum atomic E-state index is 13.3. The molecule has 0 unspecified atom stereocenters. The van der Waals surface area contributed by atoms with Crippen LogP contribution in [0.25, 0.3) is 11.6 Å². The summed E-state index contributed by atoms with van der Waals surface area (Å²) in [5, 5.41) is 3.57. The van der Waals surface area contributed by atoms with Crippen molar-refractivity contribution in [2.45, 2.75) is 26.3 Å². The zero-order chi connectivity index (χ0) is 23.4. The number of hydrogen-bond acceptors (Lipinski definition) is 4. The predicted octanol–water partition coefficient (Wildman–Crippen LogP) is 5.46. The van der Waals surface area contributed by atoms with Gasteiger partial charge in [0, 0.05) is 28.3 Å². The molecule has 8 heteroatoms. The summed E-state index contributed by atoms with van der Waals surface area (Å²) in [4.78, 5) is 29.3. The summed E-state index contributed by atoms with van der Waals surface area (Å²) in [5.41, 5.74) is 3.96. The minimum atomic E-state index is -0.565. The van der Waals surface area contributed by atoms with Crippen LogP contribution in [-0.4, -0.2) is 29.5 Å². The van der Waals surface area contributed by atoms with Crippen molar-refractivity contribution in [3.63, 3.8) is 0 Å². The van der Waals surface area contributed by atoms with E-state index in [0.717, 1.165) is 16.8 Å². The van der Waals surface area contributed by atoms with Gasteiger partial charge in [-0.25, -0.2) is 0 Å². The van der Waals surface area contributed by atoms with E-state index in [1.165, 1.54) is 11.0 Å². The Morgan fingerprint density at radius 3 is 2.41 bits per heavy atom. The van der Waals surface area contributed by atoms with Crippen molar-refractivity contribution in [3.8, 4) is 0 Å². The van der Waals surface area contributed by atoms with Crippen LogP contribution < -0.4 is 15.1 Å². The molecule has 2 amide bonds. The fourth-order valence-corrected chi connectivity index (χ4v) is 4.56. The van der Waals surface area contributed by atoms with E-state index in [9.17, 15) is 9.59 Å². The molecule has 4 rings (SSSR count). The summed E-state index contributed by atoms with van der Waals surface area (Å²) >= 11 is 17.8. The second kappa shape index (κ2) is 8.03. The van der Waals surface area contributed by atoms with Gasteiger partial charge in [0.2, 0.25) is 0 Å². The van der Waals surface area contributed by atoms with Crippen LogP contribution in [0.2, 0.25) is 10.0 Å². The summed E-state index contributed by atoms with van der Waals surface area (Å²) < 4.78 is 0. The van der Waals surface area contributed by atoms with Crippen LogP contribution in [0.4, 0.5) is 11.4 Å². The van der Waals surface area contributed by atoms with E-state index in [1.54, 1.807) is 24.3 Å². The molecule has 0 saturated carbocycles. The van der Waals surface area contributed by atoms with Crippen molar-refractivity contribution in [2.24, 2.45) is 0 Å². The number of benzene rings is 2. The predicted molar refractivity (Wildman–Crippen MR) is 135 cm³/mol. The number of carbonyl (C=O) groups is 2. The normalized spacial score (nSPS) is 19.1. The molecule has 2 aromatic carbocycles. The van der Waals surface area contributed by atoms with E-state index < -0.39 is 11.8 Å². The number of amides is 2. The van der Waals surface area contributed by atoms with Gasteiger partial charge in [-0.15, -0.1) is 0 Å². The summed E-state index contributed by atoms with van der Waals surface area (Å²) in [6.45, 7) is 6.29. The highest BCUT2D eigenvalue weighted by Crippen LogP contribution is 2.41. The highest BCUT2D eigenvalue weighted by molar-refractivity contribution is 7.80. The van der Waals surface area contributed by atoms with Gasteiger partial charge < -0.3 is 4.90 Å². The molecular weight excluding hydrogens is 465 g/mol. The SMILES string of the molecule is CC1=CC(C)(C)N(C)c2cc(Cl)c(/C=C3/C(=O)NC(=S)N(c4ccc(Cl)cc4)C3=O)cc21. The number of anilines is 2. The van der Waals surface area contributed by atoms with Crippen LogP contribution in [-0.2, 0) is 9.59 Å². The second-order valence-corrected chi connectivity index (χ2v) is 9.60. The first-order valence-corrected chi connectivity index (χ1v) is 11.1. The molecule has 2 aliphatic rings. The number of rotatable bonds is 2. The minimum absolute atomic E-state index is 0.0126. The number of fused-ring (bicyclic) bond motifs is 1. The van der Waals surface area contributed by atoms with Gasteiger partial charge in [0.15, 0.2) is 5.11 Å². The van der Waals surface area contributed by atoms with Gasteiger partial charge in [0.25, 0.3) is 11.8 Å².